The molecule has 0 heterocycles. The topological polar surface area (TPSA) is 0 Å². The van der Waals surface area contributed by atoms with Crippen molar-refractivity contribution in [3.8, 4) is 0 Å². The zero-order valence-corrected chi connectivity index (χ0v) is 15.1. The Morgan fingerprint density at radius 1 is 0.652 bits per heavy atom. The first-order valence-corrected chi connectivity index (χ1v) is 8.47. The van der Waals surface area contributed by atoms with Gasteiger partial charge in [-0.05, 0) is 42.3 Å². The Bertz CT molecular complexity index is 782. The van der Waals surface area contributed by atoms with Crippen LogP contribution in [0.2, 0.25) is 0 Å². The summed E-state index contributed by atoms with van der Waals surface area (Å²) in [6.45, 7) is 11.6. The van der Waals surface area contributed by atoms with Gasteiger partial charge in [-0.3, -0.25) is 0 Å². The molecule has 0 unspecified atom stereocenters. The van der Waals surface area contributed by atoms with Gasteiger partial charge in [0.1, 0.15) is 6.54 Å². The molecule has 122 valence electrons. The molecule has 0 aromatic heterocycles. The highest BCUT2D eigenvalue weighted by Crippen LogP contribution is 2.29. The molecule has 3 aromatic carbocycles. The van der Waals surface area contributed by atoms with Crippen molar-refractivity contribution in [3.63, 3.8) is 0 Å². The molecule has 0 atom stereocenters. The van der Waals surface area contributed by atoms with Crippen molar-refractivity contribution in [1.82, 2.24) is 0 Å². The molecular weight excluding hydrogens is 302 g/mol. The van der Waals surface area contributed by atoms with E-state index in [1.165, 1.54) is 46.7 Å². The maximum absolute atomic E-state index is 2.31. The van der Waals surface area contributed by atoms with Gasteiger partial charge >= 0.3 is 0 Å². The average molecular weight is 328 g/mol. The quantitative estimate of drug-likeness (QED) is 0.498. The van der Waals surface area contributed by atoms with Crippen molar-refractivity contribution < 1.29 is 16.9 Å². The van der Waals surface area contributed by atoms with Gasteiger partial charge in [0.2, 0.25) is 0 Å². The van der Waals surface area contributed by atoms with Crippen molar-refractivity contribution >= 4 is 21.5 Å². The predicted molar refractivity (Wildman–Crippen MR) is 97.0 cm³/mol. The first-order valence-electron chi connectivity index (χ1n) is 8.47. The van der Waals surface area contributed by atoms with Crippen LogP contribution >= 0.6 is 0 Å². The first-order chi connectivity index (χ1) is 10.7. The highest BCUT2D eigenvalue weighted by Gasteiger charge is 2.22. The number of fused-ring (bicyclic) bond motifs is 3. The molecular formula is C21H26ClN. The highest BCUT2D eigenvalue weighted by molar-refractivity contribution is 6.08. The summed E-state index contributed by atoms with van der Waals surface area (Å²) in [4.78, 5) is 0. The lowest BCUT2D eigenvalue weighted by Crippen LogP contribution is -3.00. The van der Waals surface area contributed by atoms with Gasteiger partial charge < -0.3 is 16.9 Å². The van der Waals surface area contributed by atoms with Crippen LogP contribution in [0.5, 0.6) is 0 Å². The minimum absolute atomic E-state index is 0. The molecule has 0 radical (unpaired) electrons. The highest BCUT2D eigenvalue weighted by atomic mass is 35.5. The molecule has 0 amide bonds. The number of hydrogen-bond donors (Lipinski definition) is 0. The van der Waals surface area contributed by atoms with Crippen LogP contribution in [-0.4, -0.2) is 24.1 Å². The molecule has 2 heteroatoms. The molecule has 0 aliphatic carbocycles. The van der Waals surface area contributed by atoms with E-state index >= 15 is 0 Å². The van der Waals surface area contributed by atoms with Crippen LogP contribution in [0, 0.1) is 0 Å². The molecule has 0 spiro atoms. The molecule has 3 rings (SSSR count). The van der Waals surface area contributed by atoms with E-state index in [1.54, 1.807) is 0 Å². The van der Waals surface area contributed by atoms with Crippen LogP contribution in [0.15, 0.2) is 54.6 Å². The van der Waals surface area contributed by atoms with Crippen LogP contribution in [0.4, 0.5) is 0 Å². The molecule has 0 fully saturated rings. The van der Waals surface area contributed by atoms with Gasteiger partial charge in [0.05, 0.1) is 19.6 Å². The third-order valence-corrected chi connectivity index (χ3v) is 5.40. The molecule has 0 bridgehead atoms. The van der Waals surface area contributed by atoms with E-state index in [4.69, 9.17) is 0 Å². The SMILES string of the molecule is CC[N+](CC)(CC)Cc1cccc2c1ccc1ccccc12.[Cl-]. The van der Waals surface area contributed by atoms with Crippen molar-refractivity contribution in [2.45, 2.75) is 27.3 Å². The number of quaternary nitrogens is 1. The Labute approximate surface area is 145 Å². The molecule has 0 N–H and O–H groups in total. The van der Waals surface area contributed by atoms with Gasteiger partial charge in [-0.15, -0.1) is 0 Å². The average Bonchev–Trinajstić information content (AvgIpc) is 2.60. The minimum Gasteiger partial charge on any atom is -1.00 e. The van der Waals surface area contributed by atoms with E-state index < -0.39 is 0 Å². The Balaban J connectivity index is 0.00000192. The second kappa shape index (κ2) is 7.33. The van der Waals surface area contributed by atoms with Crippen LogP contribution in [0.25, 0.3) is 21.5 Å². The minimum atomic E-state index is 0. The third-order valence-electron chi connectivity index (χ3n) is 5.40. The van der Waals surface area contributed by atoms with E-state index in [9.17, 15) is 0 Å². The van der Waals surface area contributed by atoms with Crippen molar-refractivity contribution in [2.75, 3.05) is 19.6 Å². The molecule has 23 heavy (non-hydrogen) atoms. The molecule has 1 nitrogen and oxygen atoms in total. The lowest BCUT2D eigenvalue weighted by molar-refractivity contribution is -0.936. The first kappa shape index (κ1) is 17.8. The van der Waals surface area contributed by atoms with Gasteiger partial charge in [-0.2, -0.15) is 0 Å². The second-order valence-electron chi connectivity index (χ2n) is 6.25. The standard InChI is InChI=1S/C21H26N.ClH/c1-4-22(5-2,6-3)16-18-11-9-13-21-19-12-8-7-10-17(19)14-15-20(18)21;/h7-15H,4-6,16H2,1-3H3;1H/q+1;/p-1. The summed E-state index contributed by atoms with van der Waals surface area (Å²) in [6.07, 6.45) is 0. The lowest BCUT2D eigenvalue weighted by atomic mass is 9.97. The van der Waals surface area contributed by atoms with Crippen LogP contribution < -0.4 is 12.4 Å². The largest absolute Gasteiger partial charge is 1.00 e. The van der Waals surface area contributed by atoms with E-state index in [0.717, 1.165) is 11.0 Å². The fraction of sp³-hybridized carbons (Fsp3) is 0.333. The lowest BCUT2D eigenvalue weighted by Gasteiger charge is -2.36. The molecule has 0 saturated heterocycles. The Hall–Kier alpha value is -1.57. The van der Waals surface area contributed by atoms with Crippen LogP contribution in [0.1, 0.15) is 26.3 Å². The Morgan fingerprint density at radius 3 is 2.00 bits per heavy atom. The van der Waals surface area contributed by atoms with Gasteiger partial charge in [-0.25, -0.2) is 0 Å². The summed E-state index contributed by atoms with van der Waals surface area (Å²) in [5.74, 6) is 0. The molecule has 3 aromatic rings. The number of nitrogens with zero attached hydrogens (tertiary/aromatic N) is 1. The van der Waals surface area contributed by atoms with E-state index in [1.807, 2.05) is 0 Å². The maximum Gasteiger partial charge on any atom is 0.105 e. The zero-order chi connectivity index (χ0) is 15.6. The Kier molecular flexibility index (Phi) is 5.67. The molecule has 0 aliphatic heterocycles. The summed E-state index contributed by atoms with van der Waals surface area (Å²) in [5, 5.41) is 5.50. The van der Waals surface area contributed by atoms with Crippen LogP contribution in [-0.2, 0) is 6.54 Å². The van der Waals surface area contributed by atoms with Crippen molar-refractivity contribution in [1.29, 1.82) is 0 Å². The third kappa shape index (κ3) is 3.22. The van der Waals surface area contributed by atoms with Gasteiger partial charge in [-0.1, -0.05) is 54.6 Å². The van der Waals surface area contributed by atoms with Crippen molar-refractivity contribution in [2.24, 2.45) is 0 Å². The predicted octanol–water partition coefficient (Wildman–Crippen LogP) is 2.37. The smallest absolute Gasteiger partial charge is 0.105 e. The fourth-order valence-electron chi connectivity index (χ4n) is 3.61. The number of rotatable bonds is 5. The molecule has 0 saturated carbocycles. The summed E-state index contributed by atoms with van der Waals surface area (Å²) in [5.41, 5.74) is 1.48. The normalized spacial score (nSPS) is 11.6. The summed E-state index contributed by atoms with van der Waals surface area (Å²) >= 11 is 0. The summed E-state index contributed by atoms with van der Waals surface area (Å²) in [6, 6.07) is 20.1. The second-order valence-corrected chi connectivity index (χ2v) is 6.25. The molecule has 0 aliphatic rings. The summed E-state index contributed by atoms with van der Waals surface area (Å²) < 4.78 is 1.16. The van der Waals surface area contributed by atoms with Crippen molar-refractivity contribution in [3.05, 3.63) is 60.2 Å². The van der Waals surface area contributed by atoms with Gasteiger partial charge in [0, 0.05) is 5.56 Å². The van der Waals surface area contributed by atoms with Gasteiger partial charge in [0.15, 0.2) is 0 Å². The van der Waals surface area contributed by atoms with E-state index in [0.29, 0.717) is 0 Å². The maximum atomic E-state index is 2.31. The Morgan fingerprint density at radius 2 is 1.30 bits per heavy atom. The van der Waals surface area contributed by atoms with Crippen LogP contribution in [0.3, 0.4) is 0 Å². The number of benzene rings is 3. The zero-order valence-electron chi connectivity index (χ0n) is 14.3. The fourth-order valence-corrected chi connectivity index (χ4v) is 3.61. The number of hydrogen-bond acceptors (Lipinski definition) is 0. The van der Waals surface area contributed by atoms with E-state index in [-0.39, 0.29) is 12.4 Å². The van der Waals surface area contributed by atoms with Gasteiger partial charge in [0.25, 0.3) is 0 Å². The summed E-state index contributed by atoms with van der Waals surface area (Å²) in [7, 11) is 0. The monoisotopic (exact) mass is 327 g/mol. The van der Waals surface area contributed by atoms with E-state index in [2.05, 4.69) is 75.4 Å². The number of halogens is 1.